The van der Waals surface area contributed by atoms with Gasteiger partial charge in [0.05, 0.1) is 19.3 Å². The predicted molar refractivity (Wildman–Crippen MR) is 50.1 cm³/mol. The molecule has 5 nitrogen and oxygen atoms in total. The molecule has 2 atom stereocenters. The maximum absolute atomic E-state index is 10.3. The molecule has 0 fully saturated rings. The third kappa shape index (κ3) is 6.82. The van der Waals surface area contributed by atoms with E-state index in [2.05, 4.69) is 0 Å². The summed E-state index contributed by atoms with van der Waals surface area (Å²) in [7, 11) is 0. The van der Waals surface area contributed by atoms with Crippen molar-refractivity contribution >= 4 is 5.97 Å². The molecule has 0 amide bonds. The number of carboxylic acid groups (broad SMARTS) is 1. The zero-order chi connectivity index (χ0) is 11.1. The molecule has 0 heterocycles. The fraction of sp³-hybridized carbons (Fsp3) is 0.889. The molecule has 0 spiro atoms. The smallest absolute Gasteiger partial charge is 0.332 e. The van der Waals surface area contributed by atoms with Gasteiger partial charge in [-0.3, -0.25) is 0 Å². The zero-order valence-electron chi connectivity index (χ0n) is 8.77. The lowest BCUT2D eigenvalue weighted by atomic mass is 10.3. The second-order valence-electron chi connectivity index (χ2n) is 3.35. The first-order valence-corrected chi connectivity index (χ1v) is 4.57. The number of hydrogen-bond acceptors (Lipinski definition) is 4. The normalized spacial score (nSPS) is 15.5. The molecule has 0 aromatic heterocycles. The lowest BCUT2D eigenvalue weighted by molar-refractivity contribution is -0.151. The second-order valence-corrected chi connectivity index (χ2v) is 3.35. The maximum Gasteiger partial charge on any atom is 0.332 e. The Morgan fingerprint density at radius 2 is 1.71 bits per heavy atom. The Morgan fingerprint density at radius 1 is 1.21 bits per heavy atom. The van der Waals surface area contributed by atoms with Crippen LogP contribution in [-0.4, -0.2) is 47.7 Å². The van der Waals surface area contributed by atoms with Gasteiger partial charge in [-0.05, 0) is 20.8 Å². The standard InChI is InChI=1S/C9H18O5/c1-6(2)13-4-8(10)5-14-7(3)9(11)12/h6-8,10H,4-5H2,1-3H3,(H,11,12). The molecule has 0 radical (unpaired) electrons. The van der Waals surface area contributed by atoms with Crippen LogP contribution in [0.25, 0.3) is 0 Å². The summed E-state index contributed by atoms with van der Waals surface area (Å²) in [6.07, 6.45) is -1.63. The number of carbonyl (C=O) groups is 1. The van der Waals surface area contributed by atoms with E-state index in [4.69, 9.17) is 14.6 Å². The van der Waals surface area contributed by atoms with Gasteiger partial charge in [0.1, 0.15) is 6.10 Å². The predicted octanol–water partition coefficient (Wildman–Crippen LogP) is 0.262. The summed E-state index contributed by atoms with van der Waals surface area (Å²) in [6.45, 7) is 5.25. The fourth-order valence-corrected chi connectivity index (χ4v) is 0.678. The average molecular weight is 206 g/mol. The Hall–Kier alpha value is -0.650. The Morgan fingerprint density at radius 3 is 2.14 bits per heavy atom. The lowest BCUT2D eigenvalue weighted by Gasteiger charge is -2.15. The summed E-state index contributed by atoms with van der Waals surface area (Å²) >= 11 is 0. The van der Waals surface area contributed by atoms with E-state index in [0.717, 1.165) is 0 Å². The summed E-state index contributed by atoms with van der Waals surface area (Å²) in [5.41, 5.74) is 0. The minimum absolute atomic E-state index is 0.0276. The van der Waals surface area contributed by atoms with Crippen molar-refractivity contribution in [2.24, 2.45) is 0 Å². The molecule has 84 valence electrons. The molecule has 2 unspecified atom stereocenters. The van der Waals surface area contributed by atoms with Crippen molar-refractivity contribution < 1.29 is 24.5 Å². The first kappa shape index (κ1) is 13.4. The number of rotatable bonds is 7. The Bertz CT molecular complexity index is 169. The number of ether oxygens (including phenoxy) is 2. The molecule has 0 aliphatic rings. The molecule has 0 aromatic carbocycles. The molecular weight excluding hydrogens is 188 g/mol. The minimum Gasteiger partial charge on any atom is -0.479 e. The van der Waals surface area contributed by atoms with Gasteiger partial charge in [0, 0.05) is 0 Å². The highest BCUT2D eigenvalue weighted by molar-refractivity contribution is 5.71. The third-order valence-electron chi connectivity index (χ3n) is 1.51. The van der Waals surface area contributed by atoms with Crippen molar-refractivity contribution in [3.05, 3.63) is 0 Å². The average Bonchev–Trinajstić information content (AvgIpc) is 2.10. The van der Waals surface area contributed by atoms with Crippen molar-refractivity contribution in [3.63, 3.8) is 0 Å². The van der Waals surface area contributed by atoms with Crippen LogP contribution in [0.3, 0.4) is 0 Å². The van der Waals surface area contributed by atoms with Crippen LogP contribution >= 0.6 is 0 Å². The molecule has 0 bridgehead atoms. The van der Waals surface area contributed by atoms with E-state index < -0.39 is 18.2 Å². The molecular formula is C9H18O5. The van der Waals surface area contributed by atoms with Crippen molar-refractivity contribution in [1.82, 2.24) is 0 Å². The fourth-order valence-electron chi connectivity index (χ4n) is 0.678. The molecule has 0 saturated carbocycles. The Kier molecular flexibility index (Phi) is 6.44. The first-order chi connectivity index (χ1) is 6.43. The van der Waals surface area contributed by atoms with Gasteiger partial charge >= 0.3 is 5.97 Å². The minimum atomic E-state index is -1.04. The highest BCUT2D eigenvalue weighted by atomic mass is 16.5. The van der Waals surface area contributed by atoms with E-state index in [1.807, 2.05) is 13.8 Å². The number of hydrogen-bond donors (Lipinski definition) is 2. The van der Waals surface area contributed by atoms with Crippen molar-refractivity contribution in [1.29, 1.82) is 0 Å². The van der Waals surface area contributed by atoms with Crippen molar-refractivity contribution in [2.45, 2.75) is 39.1 Å². The molecule has 5 heteroatoms. The molecule has 2 N–H and O–H groups in total. The van der Waals surface area contributed by atoms with E-state index in [-0.39, 0.29) is 19.3 Å². The molecule has 0 aliphatic heterocycles. The summed E-state index contributed by atoms with van der Waals surface area (Å²) in [6, 6.07) is 0. The first-order valence-electron chi connectivity index (χ1n) is 4.57. The van der Waals surface area contributed by atoms with Gasteiger partial charge in [-0.1, -0.05) is 0 Å². The van der Waals surface area contributed by atoms with Crippen molar-refractivity contribution in [3.8, 4) is 0 Å². The van der Waals surface area contributed by atoms with Crippen molar-refractivity contribution in [2.75, 3.05) is 13.2 Å². The Labute approximate surface area is 83.6 Å². The van der Waals surface area contributed by atoms with Gasteiger partial charge < -0.3 is 19.7 Å². The SMILES string of the molecule is CC(C)OCC(O)COC(C)C(=O)O. The van der Waals surface area contributed by atoms with Gasteiger partial charge in [-0.2, -0.15) is 0 Å². The zero-order valence-corrected chi connectivity index (χ0v) is 8.77. The van der Waals surface area contributed by atoms with E-state index in [0.29, 0.717) is 0 Å². The van der Waals surface area contributed by atoms with Gasteiger partial charge in [-0.25, -0.2) is 4.79 Å². The van der Waals surface area contributed by atoms with E-state index >= 15 is 0 Å². The van der Waals surface area contributed by atoms with Gasteiger partial charge in [0.25, 0.3) is 0 Å². The van der Waals surface area contributed by atoms with Crippen LogP contribution in [-0.2, 0) is 14.3 Å². The van der Waals surface area contributed by atoms with Crippen LogP contribution in [0.5, 0.6) is 0 Å². The highest BCUT2D eigenvalue weighted by Gasteiger charge is 2.13. The van der Waals surface area contributed by atoms with Gasteiger partial charge in [-0.15, -0.1) is 0 Å². The molecule has 0 saturated heterocycles. The topological polar surface area (TPSA) is 76.0 Å². The summed E-state index contributed by atoms with van der Waals surface area (Å²) in [4.78, 5) is 10.3. The summed E-state index contributed by atoms with van der Waals surface area (Å²) < 4.78 is 9.99. The number of aliphatic hydroxyl groups excluding tert-OH is 1. The maximum atomic E-state index is 10.3. The summed E-state index contributed by atoms with van der Waals surface area (Å²) in [5.74, 6) is -1.04. The Balaban J connectivity index is 3.53. The second kappa shape index (κ2) is 6.75. The molecule has 0 aromatic rings. The summed E-state index contributed by atoms with van der Waals surface area (Å²) in [5, 5.41) is 17.8. The van der Waals surface area contributed by atoms with Gasteiger partial charge in [0.2, 0.25) is 0 Å². The number of aliphatic carboxylic acids is 1. The van der Waals surface area contributed by atoms with E-state index in [1.165, 1.54) is 6.92 Å². The van der Waals surface area contributed by atoms with E-state index in [9.17, 15) is 9.90 Å². The quantitative estimate of drug-likeness (QED) is 0.625. The van der Waals surface area contributed by atoms with Gasteiger partial charge in [0.15, 0.2) is 6.10 Å². The largest absolute Gasteiger partial charge is 0.479 e. The third-order valence-corrected chi connectivity index (χ3v) is 1.51. The van der Waals surface area contributed by atoms with Crippen LogP contribution in [0.2, 0.25) is 0 Å². The monoisotopic (exact) mass is 206 g/mol. The highest BCUT2D eigenvalue weighted by Crippen LogP contribution is 1.96. The van der Waals surface area contributed by atoms with E-state index in [1.54, 1.807) is 0 Å². The van der Waals surface area contributed by atoms with Crippen LogP contribution in [0.4, 0.5) is 0 Å². The molecule has 14 heavy (non-hydrogen) atoms. The lowest BCUT2D eigenvalue weighted by Crippen LogP contribution is -2.29. The number of carboxylic acids is 1. The molecule has 0 rings (SSSR count). The van der Waals surface area contributed by atoms with Crippen LogP contribution in [0, 0.1) is 0 Å². The molecule has 0 aliphatic carbocycles. The number of aliphatic hydroxyl groups is 1. The van der Waals surface area contributed by atoms with Crippen LogP contribution < -0.4 is 0 Å². The van der Waals surface area contributed by atoms with Crippen LogP contribution in [0.1, 0.15) is 20.8 Å². The van der Waals surface area contributed by atoms with Crippen LogP contribution in [0.15, 0.2) is 0 Å².